The SMILES string of the molecule is Fc1cccc(F)c1-c1[nH]ncc1CNC[C@@H]1CCO[C@H]1c1ccccc1. The Morgan fingerprint density at radius 3 is 2.63 bits per heavy atom. The summed E-state index contributed by atoms with van der Waals surface area (Å²) < 4.78 is 34.1. The highest BCUT2D eigenvalue weighted by Gasteiger charge is 2.29. The van der Waals surface area contributed by atoms with Crippen molar-refractivity contribution in [2.24, 2.45) is 5.92 Å². The van der Waals surface area contributed by atoms with Crippen LogP contribution in [0.2, 0.25) is 0 Å². The first-order valence-corrected chi connectivity index (χ1v) is 9.08. The van der Waals surface area contributed by atoms with E-state index in [4.69, 9.17) is 4.74 Å². The summed E-state index contributed by atoms with van der Waals surface area (Å²) in [6.07, 6.45) is 2.66. The Bertz CT molecular complexity index is 877. The van der Waals surface area contributed by atoms with Crippen molar-refractivity contribution in [1.82, 2.24) is 15.5 Å². The van der Waals surface area contributed by atoms with Crippen molar-refractivity contribution in [1.29, 1.82) is 0 Å². The van der Waals surface area contributed by atoms with E-state index in [-0.39, 0.29) is 11.7 Å². The summed E-state index contributed by atoms with van der Waals surface area (Å²) in [7, 11) is 0. The molecule has 3 aromatic rings. The van der Waals surface area contributed by atoms with Crippen molar-refractivity contribution < 1.29 is 13.5 Å². The van der Waals surface area contributed by atoms with Gasteiger partial charge in [-0.25, -0.2) is 8.78 Å². The van der Waals surface area contributed by atoms with Crippen LogP contribution in [0.15, 0.2) is 54.7 Å². The molecule has 4 rings (SSSR count). The lowest BCUT2D eigenvalue weighted by Gasteiger charge is -2.19. The van der Waals surface area contributed by atoms with Crippen molar-refractivity contribution in [3.8, 4) is 11.3 Å². The number of ether oxygens (including phenoxy) is 1. The number of hydrogen-bond acceptors (Lipinski definition) is 3. The third kappa shape index (κ3) is 3.77. The van der Waals surface area contributed by atoms with Gasteiger partial charge < -0.3 is 10.1 Å². The van der Waals surface area contributed by atoms with Gasteiger partial charge in [-0.2, -0.15) is 5.10 Å². The third-order valence-electron chi connectivity index (χ3n) is 4.99. The van der Waals surface area contributed by atoms with E-state index in [9.17, 15) is 8.78 Å². The molecule has 2 N–H and O–H groups in total. The molecule has 0 spiro atoms. The Morgan fingerprint density at radius 1 is 1.07 bits per heavy atom. The van der Waals surface area contributed by atoms with Gasteiger partial charge in [-0.1, -0.05) is 36.4 Å². The minimum absolute atomic E-state index is 0.0711. The van der Waals surface area contributed by atoms with E-state index >= 15 is 0 Å². The number of hydrogen-bond donors (Lipinski definition) is 2. The zero-order chi connectivity index (χ0) is 18.6. The highest BCUT2D eigenvalue weighted by molar-refractivity contribution is 5.64. The van der Waals surface area contributed by atoms with Gasteiger partial charge in [0.05, 0.1) is 23.6 Å². The molecule has 2 aromatic carbocycles. The zero-order valence-electron chi connectivity index (χ0n) is 14.8. The maximum Gasteiger partial charge on any atom is 0.135 e. The summed E-state index contributed by atoms with van der Waals surface area (Å²) >= 11 is 0. The van der Waals surface area contributed by atoms with Gasteiger partial charge in [-0.3, -0.25) is 5.10 Å². The monoisotopic (exact) mass is 369 g/mol. The molecule has 1 aliphatic rings. The molecule has 0 saturated carbocycles. The normalized spacial score (nSPS) is 19.5. The first-order valence-electron chi connectivity index (χ1n) is 9.08. The molecule has 0 unspecified atom stereocenters. The van der Waals surface area contributed by atoms with E-state index in [1.54, 1.807) is 6.20 Å². The molecule has 1 aliphatic heterocycles. The zero-order valence-corrected chi connectivity index (χ0v) is 14.8. The van der Waals surface area contributed by atoms with Crippen LogP contribution >= 0.6 is 0 Å². The summed E-state index contributed by atoms with van der Waals surface area (Å²) in [5.41, 5.74) is 2.21. The van der Waals surface area contributed by atoms with Gasteiger partial charge in [0.1, 0.15) is 11.6 Å². The Morgan fingerprint density at radius 2 is 1.85 bits per heavy atom. The summed E-state index contributed by atoms with van der Waals surface area (Å²) in [5.74, 6) is -0.851. The molecule has 27 heavy (non-hydrogen) atoms. The molecule has 0 amide bonds. The van der Waals surface area contributed by atoms with E-state index in [2.05, 4.69) is 27.6 Å². The quantitative estimate of drug-likeness (QED) is 0.684. The Hall–Kier alpha value is -2.57. The number of rotatable bonds is 6. The smallest absolute Gasteiger partial charge is 0.135 e. The van der Waals surface area contributed by atoms with Gasteiger partial charge in [0.25, 0.3) is 0 Å². The third-order valence-corrected chi connectivity index (χ3v) is 4.99. The molecule has 0 radical (unpaired) electrons. The Balaban J connectivity index is 1.43. The van der Waals surface area contributed by atoms with Crippen molar-refractivity contribution in [3.05, 3.63) is 77.5 Å². The van der Waals surface area contributed by atoms with Crippen molar-refractivity contribution >= 4 is 0 Å². The Labute approximate surface area is 156 Å². The molecule has 1 aromatic heterocycles. The van der Waals surface area contributed by atoms with Gasteiger partial charge in [0.15, 0.2) is 0 Å². The molecule has 2 atom stereocenters. The van der Waals surface area contributed by atoms with Crippen LogP contribution in [0.4, 0.5) is 8.78 Å². The number of nitrogens with one attached hydrogen (secondary N) is 2. The average molecular weight is 369 g/mol. The highest BCUT2D eigenvalue weighted by atomic mass is 19.1. The number of aromatic nitrogens is 2. The van der Waals surface area contributed by atoms with Crippen molar-refractivity contribution in [2.75, 3.05) is 13.2 Å². The second-order valence-corrected chi connectivity index (χ2v) is 6.75. The molecule has 6 heteroatoms. The summed E-state index contributed by atoms with van der Waals surface area (Å²) in [6.45, 7) is 1.96. The molecule has 2 heterocycles. The van der Waals surface area contributed by atoms with Gasteiger partial charge in [-0.05, 0) is 24.1 Å². The molecule has 1 saturated heterocycles. The lowest BCUT2D eigenvalue weighted by Crippen LogP contribution is -2.24. The highest BCUT2D eigenvalue weighted by Crippen LogP contribution is 2.34. The van der Waals surface area contributed by atoms with E-state index in [0.717, 1.165) is 25.1 Å². The molecular weight excluding hydrogens is 348 g/mol. The standard InChI is InChI=1S/C21H21F2N3O/c22-17-7-4-8-18(23)19(17)20-16(13-25-26-20)12-24-11-15-9-10-27-21(15)14-5-2-1-3-6-14/h1-8,13,15,21,24H,9-12H2,(H,25,26)/t15-,21-/m0/s1. The second kappa shape index (κ2) is 7.98. The van der Waals surface area contributed by atoms with E-state index in [1.807, 2.05) is 18.2 Å². The Kier molecular flexibility index (Phi) is 5.27. The van der Waals surface area contributed by atoms with Crippen molar-refractivity contribution in [3.63, 3.8) is 0 Å². The van der Waals surface area contributed by atoms with Crippen molar-refractivity contribution in [2.45, 2.75) is 19.1 Å². The fourth-order valence-electron chi connectivity index (χ4n) is 3.64. The van der Waals surface area contributed by atoms with E-state index < -0.39 is 11.6 Å². The predicted octanol–water partition coefficient (Wildman–Crippen LogP) is 4.22. The van der Waals surface area contributed by atoms with Crippen LogP contribution in [-0.4, -0.2) is 23.3 Å². The largest absolute Gasteiger partial charge is 0.373 e. The average Bonchev–Trinajstić information content (AvgIpc) is 3.32. The summed E-state index contributed by atoms with van der Waals surface area (Å²) in [5, 5.41) is 10.1. The number of aromatic amines is 1. The van der Waals surface area contributed by atoms with Crippen LogP contribution in [0.25, 0.3) is 11.3 Å². The summed E-state index contributed by atoms with van der Waals surface area (Å²) in [4.78, 5) is 0. The van der Waals surface area contributed by atoms with Crippen LogP contribution in [-0.2, 0) is 11.3 Å². The fraction of sp³-hybridized carbons (Fsp3) is 0.286. The minimum atomic E-state index is -0.603. The van der Waals surface area contributed by atoms with Gasteiger partial charge in [-0.15, -0.1) is 0 Å². The second-order valence-electron chi connectivity index (χ2n) is 6.75. The van der Waals surface area contributed by atoms with Crippen LogP contribution in [0, 0.1) is 17.6 Å². The molecule has 0 aliphatic carbocycles. The minimum Gasteiger partial charge on any atom is -0.373 e. The summed E-state index contributed by atoms with van der Waals surface area (Å²) in [6, 6.07) is 14.0. The number of H-pyrrole nitrogens is 1. The topological polar surface area (TPSA) is 49.9 Å². The van der Waals surface area contributed by atoms with Crippen LogP contribution in [0.1, 0.15) is 23.7 Å². The molecule has 1 fully saturated rings. The van der Waals surface area contributed by atoms with Crippen LogP contribution in [0.3, 0.4) is 0 Å². The lowest BCUT2D eigenvalue weighted by molar-refractivity contribution is 0.0904. The predicted molar refractivity (Wildman–Crippen MR) is 98.9 cm³/mol. The number of benzene rings is 2. The van der Waals surface area contributed by atoms with Gasteiger partial charge in [0.2, 0.25) is 0 Å². The molecular formula is C21H21F2N3O. The number of nitrogens with zero attached hydrogens (tertiary/aromatic N) is 1. The lowest BCUT2D eigenvalue weighted by atomic mass is 9.95. The van der Waals surface area contributed by atoms with E-state index in [1.165, 1.54) is 23.8 Å². The first-order chi connectivity index (χ1) is 13.2. The molecule has 4 nitrogen and oxygen atoms in total. The maximum atomic E-state index is 14.1. The van der Waals surface area contributed by atoms with Crippen LogP contribution < -0.4 is 5.32 Å². The van der Waals surface area contributed by atoms with Gasteiger partial charge >= 0.3 is 0 Å². The first kappa shape index (κ1) is 17.8. The molecule has 0 bridgehead atoms. The van der Waals surface area contributed by atoms with Gasteiger partial charge in [0, 0.05) is 31.2 Å². The van der Waals surface area contributed by atoms with E-state index in [0.29, 0.717) is 18.2 Å². The number of halogens is 2. The molecule has 140 valence electrons. The van der Waals surface area contributed by atoms with Crippen LogP contribution in [0.5, 0.6) is 0 Å². The maximum absolute atomic E-state index is 14.1. The fourth-order valence-corrected chi connectivity index (χ4v) is 3.64.